The van der Waals surface area contributed by atoms with Crippen LogP contribution < -0.4 is 5.32 Å². The average Bonchev–Trinajstić information content (AvgIpc) is 2.85. The van der Waals surface area contributed by atoms with Gasteiger partial charge in [0.15, 0.2) is 0 Å². The molecular weight excluding hydrogens is 244 g/mol. The molecule has 1 unspecified atom stereocenters. The van der Waals surface area contributed by atoms with Crippen molar-refractivity contribution in [1.82, 2.24) is 20.5 Å². The smallest absolute Gasteiger partial charge is 0.149 e. The van der Waals surface area contributed by atoms with Gasteiger partial charge in [-0.3, -0.25) is 4.98 Å². The van der Waals surface area contributed by atoms with E-state index in [1.165, 1.54) is 0 Å². The van der Waals surface area contributed by atoms with Gasteiger partial charge in [0.2, 0.25) is 0 Å². The van der Waals surface area contributed by atoms with Crippen LogP contribution in [0.3, 0.4) is 0 Å². The van der Waals surface area contributed by atoms with E-state index in [2.05, 4.69) is 34.3 Å². The molecule has 0 saturated carbocycles. The van der Waals surface area contributed by atoms with Gasteiger partial charge in [-0.1, -0.05) is 25.2 Å². The lowest BCUT2D eigenvalue weighted by atomic mass is 10.2. The maximum Gasteiger partial charge on any atom is 0.149 e. The third-order valence-electron chi connectivity index (χ3n) is 2.83. The highest BCUT2D eigenvalue weighted by molar-refractivity contribution is 7.14. The second kappa shape index (κ2) is 6.02. The Kier molecular flexibility index (Phi) is 4.38. The van der Waals surface area contributed by atoms with Crippen LogP contribution in [0.5, 0.6) is 0 Å². The highest BCUT2D eigenvalue weighted by Crippen LogP contribution is 2.29. The topological polar surface area (TPSA) is 50.7 Å². The molecule has 0 fully saturated rings. The van der Waals surface area contributed by atoms with Gasteiger partial charge in [0.1, 0.15) is 10.0 Å². The van der Waals surface area contributed by atoms with E-state index in [1.54, 1.807) is 17.5 Å². The monoisotopic (exact) mass is 262 g/mol. The van der Waals surface area contributed by atoms with Crippen molar-refractivity contribution < 1.29 is 0 Å². The minimum atomic E-state index is 0.304. The number of hydrogen-bond donors (Lipinski definition) is 1. The fraction of sp³-hybridized carbons (Fsp3) is 0.462. The Hall–Kier alpha value is -1.33. The molecule has 2 aromatic rings. The van der Waals surface area contributed by atoms with Gasteiger partial charge in [-0.15, -0.1) is 10.2 Å². The van der Waals surface area contributed by atoms with Crippen LogP contribution in [0.2, 0.25) is 0 Å². The quantitative estimate of drug-likeness (QED) is 0.900. The molecule has 0 radical (unpaired) electrons. The molecule has 2 heterocycles. The molecule has 0 aromatic carbocycles. The van der Waals surface area contributed by atoms with Crippen molar-refractivity contribution in [3.8, 4) is 10.6 Å². The normalized spacial score (nSPS) is 12.6. The molecule has 0 amide bonds. The molecule has 0 bridgehead atoms. The zero-order valence-corrected chi connectivity index (χ0v) is 11.8. The molecule has 4 nitrogen and oxygen atoms in total. The summed E-state index contributed by atoms with van der Waals surface area (Å²) in [6.07, 6.45) is 2.82. The molecule has 18 heavy (non-hydrogen) atoms. The van der Waals surface area contributed by atoms with E-state index in [0.29, 0.717) is 6.04 Å². The summed E-state index contributed by atoms with van der Waals surface area (Å²) in [6, 6.07) is 4.28. The summed E-state index contributed by atoms with van der Waals surface area (Å²) in [5.41, 5.74) is 2.07. The Morgan fingerprint density at radius 3 is 2.83 bits per heavy atom. The number of nitrogens with one attached hydrogen (secondary N) is 1. The summed E-state index contributed by atoms with van der Waals surface area (Å²) < 4.78 is 0. The van der Waals surface area contributed by atoms with Crippen LogP contribution >= 0.6 is 11.3 Å². The van der Waals surface area contributed by atoms with Gasteiger partial charge in [0.25, 0.3) is 0 Å². The van der Waals surface area contributed by atoms with Gasteiger partial charge in [0.05, 0.1) is 6.04 Å². The molecule has 5 heteroatoms. The molecule has 2 aromatic heterocycles. The van der Waals surface area contributed by atoms with Crippen molar-refractivity contribution >= 4 is 11.3 Å². The summed E-state index contributed by atoms with van der Waals surface area (Å²) in [5.74, 6) is 0. The molecule has 0 aliphatic carbocycles. The molecule has 1 N–H and O–H groups in total. The van der Waals surface area contributed by atoms with Crippen LogP contribution in [-0.2, 0) is 0 Å². The van der Waals surface area contributed by atoms with E-state index in [1.807, 2.05) is 19.1 Å². The predicted molar refractivity (Wildman–Crippen MR) is 74.6 cm³/mol. The Balaban J connectivity index is 2.28. The van der Waals surface area contributed by atoms with Crippen LogP contribution in [-0.4, -0.2) is 21.7 Å². The second-order valence-corrected chi connectivity index (χ2v) is 5.11. The highest BCUT2D eigenvalue weighted by Gasteiger charge is 2.15. The Labute approximate surface area is 111 Å². The van der Waals surface area contributed by atoms with E-state index in [0.717, 1.165) is 34.2 Å². The highest BCUT2D eigenvalue weighted by atomic mass is 32.1. The largest absolute Gasteiger partial charge is 0.308 e. The SMILES string of the molecule is CCNC(CC)c1nnc(-c2cccnc2C)s1. The van der Waals surface area contributed by atoms with Crippen LogP contribution in [0.4, 0.5) is 0 Å². The minimum absolute atomic E-state index is 0.304. The van der Waals surface area contributed by atoms with Gasteiger partial charge in [-0.2, -0.15) is 0 Å². The first-order valence-corrected chi connectivity index (χ1v) is 7.06. The Morgan fingerprint density at radius 1 is 1.33 bits per heavy atom. The lowest BCUT2D eigenvalue weighted by Crippen LogP contribution is -2.19. The molecule has 96 valence electrons. The molecule has 0 saturated heterocycles. The summed E-state index contributed by atoms with van der Waals surface area (Å²) >= 11 is 1.65. The van der Waals surface area contributed by atoms with Crippen LogP contribution in [0.25, 0.3) is 10.6 Å². The maximum atomic E-state index is 4.30. The number of aromatic nitrogens is 3. The van der Waals surface area contributed by atoms with Crippen molar-refractivity contribution in [1.29, 1.82) is 0 Å². The summed E-state index contributed by atoms with van der Waals surface area (Å²) in [4.78, 5) is 4.29. The number of nitrogens with zero attached hydrogens (tertiary/aromatic N) is 3. The van der Waals surface area contributed by atoms with Crippen molar-refractivity contribution in [2.45, 2.75) is 33.2 Å². The Bertz CT molecular complexity index is 509. The van der Waals surface area contributed by atoms with Gasteiger partial charge in [-0.25, -0.2) is 0 Å². The van der Waals surface area contributed by atoms with E-state index in [4.69, 9.17) is 0 Å². The maximum absolute atomic E-state index is 4.30. The number of pyridine rings is 1. The third kappa shape index (κ3) is 2.73. The first-order chi connectivity index (χ1) is 8.76. The van der Waals surface area contributed by atoms with Gasteiger partial charge >= 0.3 is 0 Å². The van der Waals surface area contributed by atoms with E-state index >= 15 is 0 Å². The van der Waals surface area contributed by atoms with Crippen LogP contribution in [0.15, 0.2) is 18.3 Å². The lowest BCUT2D eigenvalue weighted by molar-refractivity contribution is 0.531. The molecule has 0 aliphatic heterocycles. The average molecular weight is 262 g/mol. The van der Waals surface area contributed by atoms with E-state index in [9.17, 15) is 0 Å². The summed E-state index contributed by atoms with van der Waals surface area (Å²) in [6.45, 7) is 7.21. The zero-order valence-electron chi connectivity index (χ0n) is 11.0. The standard InChI is InChI=1S/C13H18N4S/c1-4-11(14-5-2)13-17-16-12(18-13)10-7-6-8-15-9(10)3/h6-8,11,14H,4-5H2,1-3H3. The molecule has 2 rings (SSSR count). The lowest BCUT2D eigenvalue weighted by Gasteiger charge is -2.10. The van der Waals surface area contributed by atoms with Crippen LogP contribution in [0.1, 0.15) is 37.0 Å². The molecular formula is C13H18N4S. The van der Waals surface area contributed by atoms with Crippen molar-refractivity contribution in [3.05, 3.63) is 29.0 Å². The first-order valence-electron chi connectivity index (χ1n) is 6.25. The van der Waals surface area contributed by atoms with Crippen molar-refractivity contribution in [2.24, 2.45) is 0 Å². The molecule has 0 spiro atoms. The Morgan fingerprint density at radius 2 is 2.17 bits per heavy atom. The first kappa shape index (κ1) is 13.1. The van der Waals surface area contributed by atoms with Gasteiger partial charge in [0, 0.05) is 17.5 Å². The minimum Gasteiger partial charge on any atom is -0.308 e. The molecule has 1 atom stereocenters. The predicted octanol–water partition coefficient (Wildman–Crippen LogP) is 2.97. The third-order valence-corrected chi connectivity index (χ3v) is 3.91. The molecule has 0 aliphatic rings. The fourth-order valence-electron chi connectivity index (χ4n) is 1.85. The number of rotatable bonds is 5. The van der Waals surface area contributed by atoms with Crippen molar-refractivity contribution in [2.75, 3.05) is 6.54 Å². The number of hydrogen-bond acceptors (Lipinski definition) is 5. The second-order valence-electron chi connectivity index (χ2n) is 4.10. The summed E-state index contributed by atoms with van der Waals surface area (Å²) in [7, 11) is 0. The summed E-state index contributed by atoms with van der Waals surface area (Å²) in [5, 5.41) is 14.0. The van der Waals surface area contributed by atoms with Crippen molar-refractivity contribution in [3.63, 3.8) is 0 Å². The van der Waals surface area contributed by atoms with Gasteiger partial charge < -0.3 is 5.32 Å². The fourth-order valence-corrected chi connectivity index (χ4v) is 2.93. The van der Waals surface area contributed by atoms with E-state index < -0.39 is 0 Å². The zero-order chi connectivity index (χ0) is 13.0. The van der Waals surface area contributed by atoms with Gasteiger partial charge in [-0.05, 0) is 32.0 Å². The number of aryl methyl sites for hydroxylation is 1. The van der Waals surface area contributed by atoms with Crippen LogP contribution in [0, 0.1) is 6.92 Å². The van der Waals surface area contributed by atoms with E-state index in [-0.39, 0.29) is 0 Å².